The molecule has 6 nitrogen and oxygen atoms in total. The Bertz CT molecular complexity index is 1120. The minimum atomic E-state index is -0.399. The fourth-order valence-corrected chi connectivity index (χ4v) is 4.12. The maximum Gasteiger partial charge on any atom is 0.270 e. The van der Waals surface area contributed by atoms with Crippen LogP contribution in [0.4, 0.5) is 10.1 Å². The summed E-state index contributed by atoms with van der Waals surface area (Å²) in [6, 6.07) is 12.1. The molecular formula is C23H24FN3O3. The summed E-state index contributed by atoms with van der Waals surface area (Å²) < 4.78 is 21.1. The molecule has 156 valence electrons. The van der Waals surface area contributed by atoms with Crippen LogP contribution in [0.1, 0.15) is 28.9 Å². The Morgan fingerprint density at radius 1 is 1.23 bits per heavy atom. The number of nitrogens with one attached hydrogen (secondary N) is 1. The number of amides is 2. The zero-order valence-electron chi connectivity index (χ0n) is 17.1. The summed E-state index contributed by atoms with van der Waals surface area (Å²) in [7, 11) is 3.38. The quantitative estimate of drug-likeness (QED) is 0.679. The van der Waals surface area contributed by atoms with Crippen molar-refractivity contribution in [1.29, 1.82) is 0 Å². The van der Waals surface area contributed by atoms with Gasteiger partial charge in [0, 0.05) is 31.9 Å². The predicted molar refractivity (Wildman–Crippen MR) is 113 cm³/mol. The molecule has 30 heavy (non-hydrogen) atoms. The number of hydrogen-bond acceptors (Lipinski definition) is 3. The number of fused-ring (bicyclic) bond motifs is 1. The molecule has 0 saturated carbocycles. The third kappa shape index (κ3) is 3.51. The molecule has 1 saturated heterocycles. The Kier molecular flexibility index (Phi) is 5.44. The monoisotopic (exact) mass is 409 g/mol. The lowest BCUT2D eigenvalue weighted by molar-refractivity contribution is -0.117. The van der Waals surface area contributed by atoms with Crippen LogP contribution in [0.15, 0.2) is 42.5 Å². The van der Waals surface area contributed by atoms with Gasteiger partial charge in [0.15, 0.2) is 0 Å². The number of hydrogen-bond donors (Lipinski definition) is 1. The molecule has 0 atom stereocenters. The minimum Gasteiger partial charge on any atom is -0.496 e. The van der Waals surface area contributed by atoms with Gasteiger partial charge >= 0.3 is 0 Å². The molecule has 1 N–H and O–H groups in total. The van der Waals surface area contributed by atoms with Crippen LogP contribution in [0.3, 0.4) is 0 Å². The molecule has 7 heteroatoms. The fraction of sp³-hybridized carbons (Fsp3) is 0.304. The van der Waals surface area contributed by atoms with E-state index in [9.17, 15) is 14.0 Å². The van der Waals surface area contributed by atoms with Gasteiger partial charge in [0.25, 0.3) is 5.91 Å². The first kappa shape index (κ1) is 19.9. The average molecular weight is 409 g/mol. The molecule has 0 radical (unpaired) electrons. The van der Waals surface area contributed by atoms with Gasteiger partial charge in [0.2, 0.25) is 5.91 Å². The standard InChI is InChI=1S/C23H24FN3O3/c1-26-18-10-9-16(24)14-17(18)21(27-13-5-8-20(27)28)22(26)23(29)25-12-11-15-6-3-4-7-19(15)30-2/h3-4,6-7,9-10,14H,5,8,11-13H2,1-2H3,(H,25,29). The van der Waals surface area contributed by atoms with E-state index in [1.165, 1.54) is 12.1 Å². The molecular weight excluding hydrogens is 385 g/mol. The van der Waals surface area contributed by atoms with Crippen LogP contribution < -0.4 is 15.0 Å². The highest BCUT2D eigenvalue weighted by molar-refractivity contribution is 6.14. The van der Waals surface area contributed by atoms with Crippen molar-refractivity contribution in [3.8, 4) is 5.75 Å². The Balaban J connectivity index is 1.65. The van der Waals surface area contributed by atoms with Crippen molar-refractivity contribution in [1.82, 2.24) is 9.88 Å². The number of ether oxygens (including phenoxy) is 1. The number of anilines is 1. The Morgan fingerprint density at radius 3 is 2.77 bits per heavy atom. The zero-order valence-corrected chi connectivity index (χ0v) is 17.1. The molecule has 1 fully saturated rings. The molecule has 2 amide bonds. The van der Waals surface area contributed by atoms with Crippen molar-refractivity contribution in [2.24, 2.45) is 7.05 Å². The van der Waals surface area contributed by atoms with Gasteiger partial charge in [0.05, 0.1) is 18.3 Å². The van der Waals surface area contributed by atoms with Gasteiger partial charge in [-0.1, -0.05) is 18.2 Å². The van der Waals surface area contributed by atoms with Crippen LogP contribution in [0.2, 0.25) is 0 Å². The van der Waals surface area contributed by atoms with Crippen LogP contribution in [0.25, 0.3) is 10.9 Å². The molecule has 1 aliphatic rings. The van der Waals surface area contributed by atoms with Crippen LogP contribution in [-0.4, -0.2) is 36.6 Å². The largest absolute Gasteiger partial charge is 0.496 e. The number of aromatic nitrogens is 1. The SMILES string of the molecule is COc1ccccc1CCNC(=O)c1c(N2CCCC2=O)c2cc(F)ccc2n1C. The van der Waals surface area contributed by atoms with Crippen molar-refractivity contribution in [3.63, 3.8) is 0 Å². The van der Waals surface area contributed by atoms with Gasteiger partial charge in [-0.15, -0.1) is 0 Å². The maximum absolute atomic E-state index is 14.0. The van der Waals surface area contributed by atoms with Gasteiger partial charge in [-0.3, -0.25) is 9.59 Å². The third-order valence-corrected chi connectivity index (χ3v) is 5.57. The summed E-state index contributed by atoms with van der Waals surface area (Å²) in [5.41, 5.74) is 2.56. The van der Waals surface area contributed by atoms with Crippen molar-refractivity contribution in [3.05, 3.63) is 59.5 Å². The lowest BCUT2D eigenvalue weighted by Gasteiger charge is -2.18. The second-order valence-corrected chi connectivity index (χ2v) is 7.38. The first-order valence-electron chi connectivity index (χ1n) is 9.99. The molecule has 4 rings (SSSR count). The predicted octanol–water partition coefficient (Wildman–Crippen LogP) is 3.43. The Labute approximate surface area is 174 Å². The highest BCUT2D eigenvalue weighted by Gasteiger charge is 2.31. The molecule has 2 heterocycles. The molecule has 3 aromatic rings. The van der Waals surface area contributed by atoms with Gasteiger partial charge in [-0.25, -0.2) is 4.39 Å². The van der Waals surface area contributed by atoms with Crippen LogP contribution in [0, 0.1) is 5.82 Å². The number of halogens is 1. The van der Waals surface area contributed by atoms with E-state index in [0.717, 1.165) is 17.7 Å². The van der Waals surface area contributed by atoms with Crippen molar-refractivity contribution >= 4 is 28.4 Å². The van der Waals surface area contributed by atoms with E-state index in [1.54, 1.807) is 29.7 Å². The molecule has 2 aromatic carbocycles. The van der Waals surface area contributed by atoms with E-state index >= 15 is 0 Å². The van der Waals surface area contributed by atoms with E-state index in [4.69, 9.17) is 4.74 Å². The topological polar surface area (TPSA) is 63.6 Å². The Morgan fingerprint density at radius 2 is 2.03 bits per heavy atom. The number of nitrogens with zero attached hydrogens (tertiary/aromatic N) is 2. The second-order valence-electron chi connectivity index (χ2n) is 7.38. The number of methoxy groups -OCH3 is 1. The van der Waals surface area contributed by atoms with Crippen LogP contribution in [-0.2, 0) is 18.3 Å². The number of carbonyl (C=O) groups excluding carboxylic acids is 2. The lowest BCUT2D eigenvalue weighted by atomic mass is 10.1. The van der Waals surface area contributed by atoms with Crippen LogP contribution >= 0.6 is 0 Å². The van der Waals surface area contributed by atoms with Gasteiger partial charge in [-0.05, 0) is 42.7 Å². The molecule has 0 bridgehead atoms. The summed E-state index contributed by atoms with van der Waals surface area (Å²) in [6.07, 6.45) is 1.76. The summed E-state index contributed by atoms with van der Waals surface area (Å²) in [5, 5.41) is 3.52. The van der Waals surface area contributed by atoms with E-state index in [-0.39, 0.29) is 11.8 Å². The fourth-order valence-electron chi connectivity index (χ4n) is 4.12. The normalized spacial score (nSPS) is 13.8. The number of para-hydroxylation sites is 1. The number of benzene rings is 2. The summed E-state index contributed by atoms with van der Waals surface area (Å²) in [4.78, 5) is 27.2. The van der Waals surface area contributed by atoms with E-state index < -0.39 is 5.82 Å². The third-order valence-electron chi connectivity index (χ3n) is 5.57. The number of aryl methyl sites for hydroxylation is 1. The average Bonchev–Trinajstić information content (AvgIpc) is 3.28. The van der Waals surface area contributed by atoms with Gasteiger partial charge in [-0.2, -0.15) is 0 Å². The number of rotatable bonds is 6. The highest BCUT2D eigenvalue weighted by Crippen LogP contribution is 2.36. The molecule has 0 spiro atoms. The summed E-state index contributed by atoms with van der Waals surface area (Å²) in [5.74, 6) is 0.0350. The van der Waals surface area contributed by atoms with E-state index in [1.807, 2.05) is 24.3 Å². The maximum atomic E-state index is 14.0. The first-order valence-corrected chi connectivity index (χ1v) is 9.99. The number of carbonyl (C=O) groups is 2. The van der Waals surface area contributed by atoms with Crippen molar-refractivity contribution in [2.75, 3.05) is 25.1 Å². The van der Waals surface area contributed by atoms with Crippen LogP contribution in [0.5, 0.6) is 5.75 Å². The summed E-state index contributed by atoms with van der Waals surface area (Å²) >= 11 is 0. The van der Waals surface area contributed by atoms with Gasteiger partial charge < -0.3 is 19.5 Å². The molecule has 1 aliphatic heterocycles. The molecule has 0 unspecified atom stereocenters. The summed E-state index contributed by atoms with van der Waals surface area (Å²) in [6.45, 7) is 0.929. The second kappa shape index (κ2) is 8.18. The molecule has 0 aliphatic carbocycles. The lowest BCUT2D eigenvalue weighted by Crippen LogP contribution is -2.31. The molecule has 1 aromatic heterocycles. The Hall–Kier alpha value is -3.35. The van der Waals surface area contributed by atoms with Crippen molar-refractivity contribution < 1.29 is 18.7 Å². The highest BCUT2D eigenvalue weighted by atomic mass is 19.1. The van der Waals surface area contributed by atoms with E-state index in [0.29, 0.717) is 48.2 Å². The van der Waals surface area contributed by atoms with Crippen molar-refractivity contribution in [2.45, 2.75) is 19.3 Å². The minimum absolute atomic E-state index is 0.0465. The van der Waals surface area contributed by atoms with Gasteiger partial charge in [0.1, 0.15) is 17.3 Å². The first-order chi connectivity index (χ1) is 14.5. The van der Waals surface area contributed by atoms with E-state index in [2.05, 4.69) is 5.32 Å². The smallest absolute Gasteiger partial charge is 0.270 e. The zero-order chi connectivity index (χ0) is 21.3.